The summed E-state index contributed by atoms with van der Waals surface area (Å²) in [7, 11) is 0. The van der Waals surface area contributed by atoms with Gasteiger partial charge in [0.25, 0.3) is 11.7 Å². The number of carbonyl (C=O) groups is 1. The second kappa shape index (κ2) is 7.89. The molecule has 0 aromatic carbocycles. The summed E-state index contributed by atoms with van der Waals surface area (Å²) in [6.45, 7) is 8.13. The van der Waals surface area contributed by atoms with Crippen LogP contribution in [0.4, 0.5) is 0 Å². The Labute approximate surface area is 171 Å². The van der Waals surface area contributed by atoms with Gasteiger partial charge in [-0.15, -0.1) is 5.10 Å². The van der Waals surface area contributed by atoms with E-state index in [1.54, 1.807) is 4.52 Å². The third kappa shape index (κ3) is 3.50. The number of hydrogen-bond acceptors (Lipinski definition) is 5. The van der Waals surface area contributed by atoms with Gasteiger partial charge >= 0.3 is 0 Å². The molecule has 0 fully saturated rings. The summed E-state index contributed by atoms with van der Waals surface area (Å²) in [4.78, 5) is 29.3. The van der Waals surface area contributed by atoms with E-state index in [0.717, 1.165) is 49.2 Å². The number of aryl methyl sites for hydroxylation is 3. The molecule has 0 N–H and O–H groups in total. The molecule has 1 atom stereocenters. The van der Waals surface area contributed by atoms with Gasteiger partial charge in [0.2, 0.25) is 5.82 Å². The highest BCUT2D eigenvalue weighted by Gasteiger charge is 2.36. The lowest BCUT2D eigenvalue weighted by molar-refractivity contribution is 0.0507. The number of amides is 1. The first-order chi connectivity index (χ1) is 14.0. The topological polar surface area (TPSA) is 76.3 Å². The van der Waals surface area contributed by atoms with Crippen molar-refractivity contribution in [3.05, 3.63) is 52.9 Å². The molecule has 3 aromatic heterocycles. The molecule has 0 saturated heterocycles. The number of carbonyl (C=O) groups excluding carboxylic acids is 1. The standard InChI is InChI=1S/C22H28N6O/c1-5-17(6-2)27(18-11-7-9-16-10-8-12-23-19(16)18)21(29)20-25-22-24-14(3)13-15(4)28(22)26-20/h8,10,12-13,17-18H,5-7,9,11H2,1-4H3/t18-/m0/s1. The molecule has 29 heavy (non-hydrogen) atoms. The molecular weight excluding hydrogens is 364 g/mol. The summed E-state index contributed by atoms with van der Waals surface area (Å²) in [5.41, 5.74) is 4.04. The molecule has 0 spiro atoms. The molecule has 1 aliphatic rings. The fourth-order valence-electron chi connectivity index (χ4n) is 4.47. The Hall–Kier alpha value is -2.83. The number of fused-ring (bicyclic) bond motifs is 2. The molecule has 3 aromatic rings. The Morgan fingerprint density at radius 2 is 2.07 bits per heavy atom. The molecule has 152 valence electrons. The van der Waals surface area contributed by atoms with Gasteiger partial charge in [0.15, 0.2) is 0 Å². The molecule has 4 rings (SSSR count). The minimum absolute atomic E-state index is 0.0419. The minimum Gasteiger partial charge on any atom is -0.324 e. The molecule has 7 heteroatoms. The lowest BCUT2D eigenvalue weighted by Gasteiger charge is -2.39. The molecular formula is C22H28N6O. The van der Waals surface area contributed by atoms with Crippen molar-refractivity contribution in [2.75, 3.05) is 0 Å². The van der Waals surface area contributed by atoms with E-state index in [1.165, 1.54) is 5.56 Å². The van der Waals surface area contributed by atoms with Gasteiger partial charge in [0.1, 0.15) is 0 Å². The van der Waals surface area contributed by atoms with Gasteiger partial charge in [-0.05, 0) is 63.6 Å². The summed E-state index contributed by atoms with van der Waals surface area (Å²) in [6.07, 6.45) is 6.56. The zero-order valence-corrected chi connectivity index (χ0v) is 17.6. The highest BCUT2D eigenvalue weighted by atomic mass is 16.2. The zero-order chi connectivity index (χ0) is 20.5. The predicted molar refractivity (Wildman–Crippen MR) is 111 cm³/mol. The van der Waals surface area contributed by atoms with Gasteiger partial charge in [-0.1, -0.05) is 19.9 Å². The Balaban J connectivity index is 1.79. The summed E-state index contributed by atoms with van der Waals surface area (Å²) < 4.78 is 1.65. The van der Waals surface area contributed by atoms with Crippen LogP contribution in [0.15, 0.2) is 24.4 Å². The molecule has 1 amide bonds. The second-order valence-corrected chi connectivity index (χ2v) is 7.82. The van der Waals surface area contributed by atoms with Gasteiger partial charge in [0.05, 0.1) is 11.7 Å². The number of rotatable bonds is 5. The average Bonchev–Trinajstić information content (AvgIpc) is 3.16. The van der Waals surface area contributed by atoms with E-state index in [4.69, 9.17) is 0 Å². The molecule has 1 aliphatic carbocycles. The number of nitrogens with zero attached hydrogens (tertiary/aromatic N) is 6. The van der Waals surface area contributed by atoms with Crippen molar-refractivity contribution in [3.8, 4) is 0 Å². The molecule has 0 aliphatic heterocycles. The number of aromatic nitrogens is 5. The van der Waals surface area contributed by atoms with Crippen LogP contribution in [0.1, 0.15) is 78.8 Å². The monoisotopic (exact) mass is 392 g/mol. The van der Waals surface area contributed by atoms with Crippen LogP contribution in [0.3, 0.4) is 0 Å². The molecule has 7 nitrogen and oxygen atoms in total. The predicted octanol–water partition coefficient (Wildman–Crippen LogP) is 3.84. The van der Waals surface area contributed by atoms with Crippen molar-refractivity contribution >= 4 is 11.7 Å². The van der Waals surface area contributed by atoms with Crippen molar-refractivity contribution in [2.45, 2.75) is 71.9 Å². The second-order valence-electron chi connectivity index (χ2n) is 7.82. The summed E-state index contributed by atoms with van der Waals surface area (Å²) in [6, 6.07) is 6.12. The third-order valence-electron chi connectivity index (χ3n) is 5.88. The normalized spacial score (nSPS) is 16.2. The molecule has 0 radical (unpaired) electrons. The van der Waals surface area contributed by atoms with E-state index in [9.17, 15) is 4.79 Å². The lowest BCUT2D eigenvalue weighted by Crippen LogP contribution is -2.44. The Morgan fingerprint density at radius 1 is 1.28 bits per heavy atom. The van der Waals surface area contributed by atoms with Crippen molar-refractivity contribution in [3.63, 3.8) is 0 Å². The summed E-state index contributed by atoms with van der Waals surface area (Å²) >= 11 is 0. The van der Waals surface area contributed by atoms with Gasteiger partial charge in [-0.3, -0.25) is 9.78 Å². The van der Waals surface area contributed by atoms with E-state index in [1.807, 2.05) is 37.1 Å². The van der Waals surface area contributed by atoms with Gasteiger partial charge in [-0.2, -0.15) is 4.98 Å². The first kappa shape index (κ1) is 19.5. The Bertz CT molecular complexity index is 1040. The quantitative estimate of drug-likeness (QED) is 0.659. The molecule has 3 heterocycles. The van der Waals surface area contributed by atoms with Crippen molar-refractivity contribution < 1.29 is 4.79 Å². The third-order valence-corrected chi connectivity index (χ3v) is 5.88. The molecule has 0 saturated carbocycles. The first-order valence-corrected chi connectivity index (χ1v) is 10.5. The van der Waals surface area contributed by atoms with Crippen LogP contribution >= 0.6 is 0 Å². The average molecular weight is 393 g/mol. The van der Waals surface area contributed by atoms with E-state index in [0.29, 0.717) is 5.78 Å². The number of pyridine rings is 1. The maximum atomic E-state index is 13.7. The van der Waals surface area contributed by atoms with Crippen LogP contribution in [0.2, 0.25) is 0 Å². The van der Waals surface area contributed by atoms with Crippen LogP contribution in [0, 0.1) is 13.8 Å². The minimum atomic E-state index is -0.134. The Kier molecular flexibility index (Phi) is 5.30. The fourth-order valence-corrected chi connectivity index (χ4v) is 4.47. The first-order valence-electron chi connectivity index (χ1n) is 10.5. The zero-order valence-electron chi connectivity index (χ0n) is 17.6. The van der Waals surface area contributed by atoms with Crippen LogP contribution in [-0.2, 0) is 6.42 Å². The van der Waals surface area contributed by atoms with Crippen LogP contribution < -0.4 is 0 Å². The largest absolute Gasteiger partial charge is 0.324 e. The maximum absolute atomic E-state index is 13.7. The van der Waals surface area contributed by atoms with Crippen molar-refractivity contribution in [1.29, 1.82) is 0 Å². The van der Waals surface area contributed by atoms with E-state index >= 15 is 0 Å². The van der Waals surface area contributed by atoms with Crippen LogP contribution in [0.25, 0.3) is 5.78 Å². The van der Waals surface area contributed by atoms with Gasteiger partial charge in [0, 0.05) is 23.6 Å². The summed E-state index contributed by atoms with van der Waals surface area (Å²) in [5.74, 6) is 0.545. The highest BCUT2D eigenvalue weighted by Crippen LogP contribution is 2.36. The van der Waals surface area contributed by atoms with Crippen LogP contribution in [0.5, 0.6) is 0 Å². The van der Waals surface area contributed by atoms with E-state index < -0.39 is 0 Å². The molecule has 0 bridgehead atoms. The van der Waals surface area contributed by atoms with Crippen molar-refractivity contribution in [1.82, 2.24) is 29.5 Å². The SMILES string of the molecule is CCC(CC)N(C(=O)c1nc2nc(C)cc(C)n2n1)[C@H]1CCCc2cccnc21. The van der Waals surface area contributed by atoms with E-state index in [2.05, 4.69) is 40.0 Å². The van der Waals surface area contributed by atoms with Gasteiger partial charge in [-0.25, -0.2) is 9.50 Å². The summed E-state index contributed by atoms with van der Waals surface area (Å²) in [5, 5.41) is 4.51. The lowest BCUT2D eigenvalue weighted by atomic mass is 9.89. The highest BCUT2D eigenvalue weighted by molar-refractivity contribution is 5.91. The number of hydrogen-bond donors (Lipinski definition) is 0. The Morgan fingerprint density at radius 3 is 2.83 bits per heavy atom. The maximum Gasteiger partial charge on any atom is 0.294 e. The molecule has 0 unspecified atom stereocenters. The van der Waals surface area contributed by atoms with Gasteiger partial charge < -0.3 is 4.90 Å². The fraction of sp³-hybridized carbons (Fsp3) is 0.500. The van der Waals surface area contributed by atoms with Crippen LogP contribution in [-0.4, -0.2) is 41.4 Å². The van der Waals surface area contributed by atoms with E-state index in [-0.39, 0.29) is 23.8 Å². The smallest absolute Gasteiger partial charge is 0.294 e. The van der Waals surface area contributed by atoms with Crippen molar-refractivity contribution in [2.24, 2.45) is 0 Å².